The number of ether oxygens (including phenoxy) is 2. The molecule has 9 atom stereocenters. The molecule has 4 fully saturated rings. The summed E-state index contributed by atoms with van der Waals surface area (Å²) in [5, 5.41) is 10.1. The number of fused-ring (bicyclic) bond motifs is 4. The van der Waals surface area contributed by atoms with Gasteiger partial charge < -0.3 is 76.0 Å². The second kappa shape index (κ2) is 27.2. The zero-order chi connectivity index (χ0) is 67.0. The van der Waals surface area contributed by atoms with Crippen LogP contribution in [0.4, 0.5) is 11.4 Å². The van der Waals surface area contributed by atoms with Gasteiger partial charge in [0.15, 0.2) is 11.3 Å². The van der Waals surface area contributed by atoms with Gasteiger partial charge in [0.1, 0.15) is 65.2 Å². The van der Waals surface area contributed by atoms with E-state index in [1.165, 1.54) is 63.7 Å². The average Bonchev–Trinajstić information content (AvgIpc) is 1.41. The molecule has 5 aliphatic heterocycles. The fraction of sp³-hybridized carbons (Fsp3) is 0.583. The molecule has 488 valence electrons. The van der Waals surface area contributed by atoms with Gasteiger partial charge in [-0.15, -0.1) is 0 Å². The number of carbonyl (C=O) groups is 13. The van der Waals surface area contributed by atoms with Gasteiger partial charge >= 0.3 is 17.9 Å². The SMILES string of the molecule is CC[C@H]1C(=O)NC(C(C)OC(=O)c2cc(N)c(C)c3oc4c(C)c(=O)c(N)c(C(=O)OC(=O)C5NC(=O)[C@H](C(C)C)N(C)C(=O)CN(C)C(=O)[C@@H]6CCCN6C(=O)[C@@H](C(C)C)NC5=O)c-4nc23)C(=O)N[C@H](C(C)C)C(=O)N2CCC[C@H]2C(=O)N(C)CC(=O)N1C. The molecule has 0 saturated carbocycles. The molecule has 8 N–H and O–H groups in total. The Hall–Kier alpha value is -9.25. The Balaban J connectivity index is 1.28. The molecular weight excluding hydrogens is 1170 g/mol. The van der Waals surface area contributed by atoms with Gasteiger partial charge in [0, 0.05) is 58.1 Å². The van der Waals surface area contributed by atoms with E-state index in [4.69, 9.17) is 25.4 Å². The van der Waals surface area contributed by atoms with Crippen LogP contribution in [0.5, 0.6) is 0 Å². The number of esters is 3. The Morgan fingerprint density at radius 2 is 1.16 bits per heavy atom. The van der Waals surface area contributed by atoms with Gasteiger partial charge in [0.2, 0.25) is 64.6 Å². The first-order valence-electron chi connectivity index (χ1n) is 29.9. The van der Waals surface area contributed by atoms with Crippen molar-refractivity contribution in [1.29, 1.82) is 0 Å². The predicted molar refractivity (Wildman–Crippen MR) is 321 cm³/mol. The summed E-state index contributed by atoms with van der Waals surface area (Å²) in [4.78, 5) is 211. The summed E-state index contributed by atoms with van der Waals surface area (Å²) in [5.74, 6) is -15.2. The van der Waals surface area contributed by atoms with Gasteiger partial charge in [0.25, 0.3) is 5.91 Å². The number of hydrogen-bond donors (Lipinski definition) is 6. The number of nitrogens with two attached hydrogens (primary N) is 2. The van der Waals surface area contributed by atoms with E-state index < -0.39 is 201 Å². The van der Waals surface area contributed by atoms with Crippen LogP contribution in [-0.2, 0) is 62.2 Å². The van der Waals surface area contributed by atoms with Crippen LogP contribution in [0.25, 0.3) is 22.6 Å². The molecule has 0 spiro atoms. The Morgan fingerprint density at radius 1 is 0.644 bits per heavy atom. The monoisotopic (exact) mass is 1260 g/mol. The fourth-order valence-corrected chi connectivity index (χ4v) is 11.9. The van der Waals surface area contributed by atoms with Gasteiger partial charge in [-0.25, -0.2) is 19.4 Å². The van der Waals surface area contributed by atoms with Crippen LogP contribution < -0.4 is 38.2 Å². The minimum Gasteiger partial charge on any atom is -0.456 e. The normalized spacial score (nSPS) is 24.5. The van der Waals surface area contributed by atoms with Crippen LogP contribution in [-0.4, -0.2) is 220 Å². The highest BCUT2D eigenvalue weighted by Crippen LogP contribution is 2.37. The molecule has 5 heterocycles. The number of likely N-dealkylation sites (N-methyl/N-ethyl adjacent to an activating group) is 4. The van der Waals surface area contributed by atoms with Crippen molar-refractivity contribution in [3.63, 3.8) is 0 Å². The van der Waals surface area contributed by atoms with E-state index >= 15 is 0 Å². The van der Waals surface area contributed by atoms with Crippen molar-refractivity contribution in [2.24, 2.45) is 17.8 Å². The van der Waals surface area contributed by atoms with Crippen molar-refractivity contribution in [2.45, 2.75) is 156 Å². The number of aromatic nitrogens is 1. The smallest absolute Gasteiger partial charge is 0.350 e. The van der Waals surface area contributed by atoms with E-state index in [9.17, 15) is 67.1 Å². The molecular formula is C60H81N13O17. The maximum absolute atomic E-state index is 14.8. The maximum atomic E-state index is 14.8. The van der Waals surface area contributed by atoms with Crippen LogP contribution in [0.3, 0.4) is 0 Å². The molecule has 30 nitrogen and oxygen atoms in total. The van der Waals surface area contributed by atoms with E-state index in [-0.39, 0.29) is 54.7 Å². The largest absolute Gasteiger partial charge is 0.456 e. The second-order valence-electron chi connectivity index (χ2n) is 24.5. The number of nitrogens with one attached hydrogen (secondary N) is 4. The summed E-state index contributed by atoms with van der Waals surface area (Å²) in [6.07, 6.45) is -0.217. The molecule has 3 unspecified atom stereocenters. The Morgan fingerprint density at radius 3 is 1.67 bits per heavy atom. The van der Waals surface area contributed by atoms with E-state index in [2.05, 4.69) is 26.3 Å². The molecule has 30 heteroatoms. The molecule has 1 aromatic rings. The quantitative estimate of drug-likeness (QED) is 0.0661. The number of hydrogen-bond acceptors (Lipinski definition) is 20. The van der Waals surface area contributed by atoms with Crippen molar-refractivity contribution in [3.8, 4) is 11.5 Å². The van der Waals surface area contributed by atoms with E-state index in [1.807, 2.05) is 0 Å². The number of benzene rings is 2. The lowest BCUT2D eigenvalue weighted by atomic mass is 9.99. The Labute approximate surface area is 519 Å². The van der Waals surface area contributed by atoms with Crippen LogP contribution in [0, 0.1) is 31.6 Å². The first kappa shape index (κ1) is 68.2. The third-order valence-corrected chi connectivity index (χ3v) is 17.2. The number of carbonyl (C=O) groups excluding carboxylic acids is 13. The molecule has 1 aliphatic carbocycles. The topological polar surface area (TPSA) is 403 Å². The molecule has 6 aliphatic rings. The summed E-state index contributed by atoms with van der Waals surface area (Å²) < 4.78 is 17.6. The van der Waals surface area contributed by atoms with Gasteiger partial charge in [-0.3, -0.25) is 52.7 Å². The summed E-state index contributed by atoms with van der Waals surface area (Å²) >= 11 is 0. The first-order valence-corrected chi connectivity index (χ1v) is 29.9. The van der Waals surface area contributed by atoms with Gasteiger partial charge in [-0.2, -0.15) is 0 Å². The summed E-state index contributed by atoms with van der Waals surface area (Å²) in [6, 6.07) is -10.4. The minimum absolute atomic E-state index is 0.0204. The first-order chi connectivity index (χ1) is 42.1. The van der Waals surface area contributed by atoms with Crippen molar-refractivity contribution in [3.05, 3.63) is 38.5 Å². The van der Waals surface area contributed by atoms with Crippen LogP contribution in [0.1, 0.15) is 119 Å². The standard InChI is InChI=1S/C60H81N13O17/c1-15-33-50(77)66-42(51(78)64-40(25(2)3)56(83)72-20-16-18-34(72)54(81)68(11)23-36(74)70(33)13)30(10)88-58(85)31-22-32(61)28(8)48-43(31)63-44-38(39(62)47(76)29(9)49(44)89-48)59(86)90-60(87)45-52(79)65-41(26(4)5)57(84)73-21-17-19-35(73)55(82)69(12)24-37(75)71(14)46(27(6)7)53(80)67-45/h22,25-27,30,33-35,40-42,45-46H,15-21,23-24,61-62H2,1-14H3,(H,64,78)(H,65,79)(H,66,77)(H,67,80)/t30?,33-,34-,35-,40+,41+,42?,45?,46-/m0/s1. The number of aryl methyl sites for hydroxylation is 1. The molecule has 1 aromatic carbocycles. The number of nitrogen functional groups attached to an aromatic ring is 2. The number of amides is 10. The van der Waals surface area contributed by atoms with Crippen molar-refractivity contribution >= 4 is 99.5 Å². The molecule has 4 saturated heterocycles. The zero-order valence-electron chi connectivity index (χ0n) is 53.1. The molecule has 0 bridgehead atoms. The zero-order valence-corrected chi connectivity index (χ0v) is 53.1. The lowest BCUT2D eigenvalue weighted by molar-refractivity contribution is -0.150. The second-order valence-corrected chi connectivity index (χ2v) is 24.5. The highest BCUT2D eigenvalue weighted by atomic mass is 16.6. The predicted octanol–water partition coefficient (Wildman–Crippen LogP) is -0.800. The fourth-order valence-electron chi connectivity index (χ4n) is 11.9. The molecule has 90 heavy (non-hydrogen) atoms. The number of nitrogens with zero attached hydrogens (tertiary/aromatic N) is 7. The highest BCUT2D eigenvalue weighted by Gasteiger charge is 2.47. The lowest BCUT2D eigenvalue weighted by Crippen LogP contribution is -2.61. The number of anilines is 2. The van der Waals surface area contributed by atoms with Crippen molar-refractivity contribution < 1.29 is 76.2 Å². The van der Waals surface area contributed by atoms with Crippen LogP contribution in [0.15, 0.2) is 15.3 Å². The van der Waals surface area contributed by atoms with Gasteiger partial charge in [-0.05, 0) is 76.7 Å². The lowest BCUT2D eigenvalue weighted by Gasteiger charge is -2.33. The minimum atomic E-state index is -2.45. The van der Waals surface area contributed by atoms with E-state index in [0.29, 0.717) is 12.8 Å². The summed E-state index contributed by atoms with van der Waals surface area (Å²) in [5.41, 5.74) is 8.15. The summed E-state index contributed by atoms with van der Waals surface area (Å²) in [6.45, 7) is 14.6. The molecule has 10 amide bonds. The molecule has 7 rings (SSSR count). The Kier molecular flexibility index (Phi) is 20.7. The summed E-state index contributed by atoms with van der Waals surface area (Å²) in [7, 11) is 5.43. The Bertz CT molecular complexity index is 3490. The van der Waals surface area contributed by atoms with Crippen molar-refractivity contribution in [2.75, 3.05) is 65.8 Å². The molecule has 0 aromatic heterocycles. The van der Waals surface area contributed by atoms with Gasteiger partial charge in [0.05, 0.1) is 24.3 Å². The third-order valence-electron chi connectivity index (χ3n) is 17.2. The van der Waals surface area contributed by atoms with Crippen molar-refractivity contribution in [1.82, 2.24) is 55.7 Å². The van der Waals surface area contributed by atoms with E-state index in [0.717, 1.165) is 20.8 Å². The van der Waals surface area contributed by atoms with Gasteiger partial charge in [-0.1, -0.05) is 48.5 Å². The third kappa shape index (κ3) is 13.4. The number of rotatable bonds is 9. The maximum Gasteiger partial charge on any atom is 0.350 e. The van der Waals surface area contributed by atoms with E-state index in [1.54, 1.807) is 48.5 Å². The highest BCUT2D eigenvalue weighted by molar-refractivity contribution is 6.14. The van der Waals surface area contributed by atoms with Crippen LogP contribution in [0.2, 0.25) is 0 Å². The molecule has 0 radical (unpaired) electrons. The average molecular weight is 1260 g/mol. The van der Waals surface area contributed by atoms with Crippen LogP contribution >= 0.6 is 0 Å².